The molecule has 108 valence electrons. The molecule has 2 aliphatic rings. The molecule has 1 aromatic heterocycles. The van der Waals surface area contributed by atoms with Crippen LogP contribution in [0, 0.1) is 5.92 Å². The molecule has 1 aromatic rings. The zero-order valence-electron chi connectivity index (χ0n) is 12.0. The van der Waals surface area contributed by atoms with Crippen LogP contribution in [0.4, 0.5) is 0 Å². The minimum Gasteiger partial charge on any atom is -0.323 e. The van der Waals surface area contributed by atoms with E-state index < -0.39 is 0 Å². The molecular formula is C14H20N4O2. The van der Waals surface area contributed by atoms with E-state index in [2.05, 4.69) is 5.10 Å². The van der Waals surface area contributed by atoms with Gasteiger partial charge in [-0.05, 0) is 19.8 Å². The average molecular weight is 276 g/mol. The quantitative estimate of drug-likeness (QED) is 0.810. The van der Waals surface area contributed by atoms with E-state index in [1.807, 2.05) is 25.1 Å². The van der Waals surface area contributed by atoms with Crippen molar-refractivity contribution < 1.29 is 9.59 Å². The van der Waals surface area contributed by atoms with Crippen molar-refractivity contribution in [2.75, 3.05) is 19.8 Å². The molecule has 1 aliphatic carbocycles. The maximum absolute atomic E-state index is 12.5. The van der Waals surface area contributed by atoms with Gasteiger partial charge in [-0.1, -0.05) is 0 Å². The first-order valence-corrected chi connectivity index (χ1v) is 7.12. The summed E-state index contributed by atoms with van der Waals surface area (Å²) in [6, 6.07) is 0. The van der Waals surface area contributed by atoms with Crippen molar-refractivity contribution in [3.05, 3.63) is 18.0 Å². The highest BCUT2D eigenvalue weighted by Crippen LogP contribution is 2.32. The third-order valence-corrected chi connectivity index (χ3v) is 4.13. The Kier molecular flexibility index (Phi) is 3.23. The number of rotatable bonds is 3. The lowest BCUT2D eigenvalue weighted by molar-refractivity contribution is -0.135. The van der Waals surface area contributed by atoms with Crippen LogP contribution in [-0.4, -0.2) is 51.2 Å². The largest absolute Gasteiger partial charge is 0.323 e. The molecule has 6 nitrogen and oxygen atoms in total. The third-order valence-electron chi connectivity index (χ3n) is 4.13. The van der Waals surface area contributed by atoms with Gasteiger partial charge in [0, 0.05) is 37.8 Å². The van der Waals surface area contributed by atoms with Crippen molar-refractivity contribution in [2.24, 2.45) is 13.0 Å². The van der Waals surface area contributed by atoms with Crippen molar-refractivity contribution in [2.45, 2.75) is 25.7 Å². The highest BCUT2D eigenvalue weighted by atomic mass is 16.2. The summed E-state index contributed by atoms with van der Waals surface area (Å²) in [7, 11) is 1.84. The lowest BCUT2D eigenvalue weighted by Crippen LogP contribution is -2.36. The molecule has 0 aromatic carbocycles. The molecule has 2 fully saturated rings. The number of carbonyl (C=O) groups excluding carboxylic acids is 2. The molecule has 1 saturated heterocycles. The number of carbonyl (C=O) groups is 2. The molecule has 1 saturated carbocycles. The van der Waals surface area contributed by atoms with Crippen molar-refractivity contribution in [1.29, 1.82) is 0 Å². The van der Waals surface area contributed by atoms with Crippen LogP contribution in [0.15, 0.2) is 12.4 Å². The Morgan fingerprint density at radius 3 is 2.60 bits per heavy atom. The second kappa shape index (κ2) is 4.92. The normalized spacial score (nSPS) is 20.3. The molecule has 2 heterocycles. The van der Waals surface area contributed by atoms with Gasteiger partial charge in [-0.2, -0.15) is 5.10 Å². The number of aromatic nitrogens is 2. The first-order chi connectivity index (χ1) is 9.56. The van der Waals surface area contributed by atoms with Crippen LogP contribution < -0.4 is 0 Å². The lowest BCUT2D eigenvalue weighted by Gasteiger charge is -2.21. The van der Waals surface area contributed by atoms with E-state index in [1.165, 1.54) is 0 Å². The second-order valence-electron chi connectivity index (χ2n) is 5.79. The summed E-state index contributed by atoms with van der Waals surface area (Å²) in [5.41, 5.74) is 0.921. The van der Waals surface area contributed by atoms with E-state index in [-0.39, 0.29) is 23.7 Å². The maximum Gasteiger partial charge on any atom is 0.231 e. The first kappa shape index (κ1) is 13.1. The number of hydrogen-bond acceptors (Lipinski definition) is 3. The molecule has 1 unspecified atom stereocenters. The Morgan fingerprint density at radius 1 is 1.30 bits per heavy atom. The molecule has 1 atom stereocenters. The standard InChI is InChI=1S/C14H20N4O2/c1-10(12-7-15-16(2)8-12)13(19)17-5-6-18(9-17)14(20)11-3-4-11/h7-8,10-11H,3-6,9H2,1-2H3. The van der Waals surface area contributed by atoms with Gasteiger partial charge in [-0.3, -0.25) is 14.3 Å². The molecule has 0 radical (unpaired) electrons. The number of nitrogens with zero attached hydrogens (tertiary/aromatic N) is 4. The predicted molar refractivity (Wildman–Crippen MR) is 72.6 cm³/mol. The zero-order chi connectivity index (χ0) is 14.3. The van der Waals surface area contributed by atoms with Gasteiger partial charge in [0.15, 0.2) is 0 Å². The van der Waals surface area contributed by atoms with Gasteiger partial charge in [0.25, 0.3) is 0 Å². The number of hydrogen-bond donors (Lipinski definition) is 0. The molecule has 0 bridgehead atoms. The summed E-state index contributed by atoms with van der Waals surface area (Å²) in [5.74, 6) is 0.305. The fraction of sp³-hybridized carbons (Fsp3) is 0.643. The predicted octanol–water partition coefficient (Wildman–Crippen LogP) is 0.562. The SMILES string of the molecule is CC(C(=O)N1CCN(C(=O)C2CC2)C1)c1cnn(C)c1. The Hall–Kier alpha value is -1.85. The van der Waals surface area contributed by atoms with Gasteiger partial charge in [0.05, 0.1) is 18.8 Å². The van der Waals surface area contributed by atoms with Gasteiger partial charge >= 0.3 is 0 Å². The van der Waals surface area contributed by atoms with E-state index in [0.29, 0.717) is 19.8 Å². The van der Waals surface area contributed by atoms with Crippen molar-refractivity contribution >= 4 is 11.8 Å². The Bertz CT molecular complexity index is 535. The van der Waals surface area contributed by atoms with Gasteiger partial charge < -0.3 is 9.80 Å². The summed E-state index contributed by atoms with van der Waals surface area (Å²) in [6.45, 7) is 3.65. The van der Waals surface area contributed by atoms with Crippen molar-refractivity contribution in [3.63, 3.8) is 0 Å². The van der Waals surface area contributed by atoms with Gasteiger partial charge in [0.2, 0.25) is 11.8 Å². The number of amides is 2. The minimum absolute atomic E-state index is 0.0732. The maximum atomic E-state index is 12.5. The van der Waals surface area contributed by atoms with E-state index in [4.69, 9.17) is 0 Å². The summed E-state index contributed by atoms with van der Waals surface area (Å²) in [5, 5.41) is 4.10. The molecule has 1 aliphatic heterocycles. The third kappa shape index (κ3) is 2.42. The highest BCUT2D eigenvalue weighted by Gasteiger charge is 2.37. The summed E-state index contributed by atoms with van der Waals surface area (Å²) < 4.78 is 1.70. The lowest BCUT2D eigenvalue weighted by atomic mass is 10.0. The van der Waals surface area contributed by atoms with E-state index >= 15 is 0 Å². The number of aryl methyl sites for hydroxylation is 1. The zero-order valence-corrected chi connectivity index (χ0v) is 12.0. The molecule has 3 rings (SSSR count). The molecule has 20 heavy (non-hydrogen) atoms. The van der Waals surface area contributed by atoms with Crippen LogP contribution >= 0.6 is 0 Å². The summed E-state index contributed by atoms with van der Waals surface area (Å²) in [4.78, 5) is 28.0. The molecular weight excluding hydrogens is 256 g/mol. The molecule has 0 spiro atoms. The molecule has 6 heteroatoms. The van der Waals surface area contributed by atoms with Gasteiger partial charge in [-0.15, -0.1) is 0 Å². The minimum atomic E-state index is -0.209. The van der Waals surface area contributed by atoms with Crippen molar-refractivity contribution in [1.82, 2.24) is 19.6 Å². The van der Waals surface area contributed by atoms with E-state index in [9.17, 15) is 9.59 Å². The van der Waals surface area contributed by atoms with Crippen molar-refractivity contribution in [3.8, 4) is 0 Å². The molecule has 0 N–H and O–H groups in total. The topological polar surface area (TPSA) is 58.4 Å². The molecule has 2 amide bonds. The smallest absolute Gasteiger partial charge is 0.231 e. The highest BCUT2D eigenvalue weighted by molar-refractivity contribution is 5.85. The fourth-order valence-electron chi connectivity index (χ4n) is 2.62. The Balaban J connectivity index is 1.62. The average Bonchev–Trinajstić information content (AvgIpc) is 3.01. The summed E-state index contributed by atoms with van der Waals surface area (Å²) in [6.07, 6.45) is 5.61. The van der Waals surface area contributed by atoms with Crippen LogP contribution in [0.25, 0.3) is 0 Å². The Labute approximate surface area is 118 Å². The van der Waals surface area contributed by atoms with Gasteiger partial charge in [-0.25, -0.2) is 0 Å². The van der Waals surface area contributed by atoms with Crippen LogP contribution in [0.2, 0.25) is 0 Å². The monoisotopic (exact) mass is 276 g/mol. The van der Waals surface area contributed by atoms with Crippen LogP contribution in [0.5, 0.6) is 0 Å². The van der Waals surface area contributed by atoms with E-state index in [1.54, 1.807) is 15.8 Å². The van der Waals surface area contributed by atoms with E-state index in [0.717, 1.165) is 18.4 Å². The second-order valence-corrected chi connectivity index (χ2v) is 5.79. The van der Waals surface area contributed by atoms with Crippen LogP contribution in [-0.2, 0) is 16.6 Å². The fourth-order valence-corrected chi connectivity index (χ4v) is 2.62. The van der Waals surface area contributed by atoms with Crippen LogP contribution in [0.3, 0.4) is 0 Å². The van der Waals surface area contributed by atoms with Gasteiger partial charge in [0.1, 0.15) is 0 Å². The Morgan fingerprint density at radius 2 is 2.00 bits per heavy atom. The van der Waals surface area contributed by atoms with Crippen LogP contribution in [0.1, 0.15) is 31.2 Å². The summed E-state index contributed by atoms with van der Waals surface area (Å²) >= 11 is 0. The first-order valence-electron chi connectivity index (χ1n) is 7.12.